The SMILES string of the molecule is CCOP(O)(=S)OCC(F)(F)F.Cl. The Morgan fingerprint density at radius 3 is 2.15 bits per heavy atom. The molecule has 0 aromatic carbocycles. The zero-order valence-corrected chi connectivity index (χ0v) is 9.10. The van der Waals surface area contributed by atoms with E-state index in [0.29, 0.717) is 0 Å². The lowest BCUT2D eigenvalue weighted by Crippen LogP contribution is -2.16. The van der Waals surface area contributed by atoms with Gasteiger partial charge < -0.3 is 9.42 Å². The van der Waals surface area contributed by atoms with Crippen molar-refractivity contribution in [3.05, 3.63) is 0 Å². The number of hydrogen-bond acceptors (Lipinski definition) is 3. The smallest absolute Gasteiger partial charge is 0.324 e. The first kappa shape index (κ1) is 16.1. The fourth-order valence-corrected chi connectivity index (χ4v) is 1.54. The highest BCUT2D eigenvalue weighted by Crippen LogP contribution is 2.44. The van der Waals surface area contributed by atoms with Crippen molar-refractivity contribution < 1.29 is 27.1 Å². The quantitative estimate of drug-likeness (QED) is 0.787. The minimum Gasteiger partial charge on any atom is -0.324 e. The van der Waals surface area contributed by atoms with Crippen molar-refractivity contribution in [1.29, 1.82) is 0 Å². The summed E-state index contributed by atoms with van der Waals surface area (Å²) in [6, 6.07) is 0. The number of hydrogen-bond donors (Lipinski definition) is 1. The topological polar surface area (TPSA) is 38.7 Å². The summed E-state index contributed by atoms with van der Waals surface area (Å²) < 4.78 is 42.9. The summed E-state index contributed by atoms with van der Waals surface area (Å²) in [5.41, 5.74) is 0. The van der Waals surface area contributed by atoms with Crippen LogP contribution in [0.3, 0.4) is 0 Å². The maximum atomic E-state index is 11.5. The molecule has 0 radical (unpaired) electrons. The Morgan fingerprint density at radius 1 is 1.38 bits per heavy atom. The molecule has 9 heteroatoms. The van der Waals surface area contributed by atoms with Gasteiger partial charge in [-0.3, -0.25) is 4.52 Å². The zero-order chi connectivity index (χ0) is 9.83. The molecule has 13 heavy (non-hydrogen) atoms. The third-order valence-corrected chi connectivity index (χ3v) is 2.36. The second-order valence-corrected chi connectivity index (χ2v) is 4.61. The normalized spacial score (nSPS) is 16.1. The number of rotatable bonds is 4. The van der Waals surface area contributed by atoms with Crippen LogP contribution in [0.25, 0.3) is 0 Å². The van der Waals surface area contributed by atoms with Crippen molar-refractivity contribution in [3.8, 4) is 0 Å². The van der Waals surface area contributed by atoms with E-state index in [1.54, 1.807) is 0 Å². The van der Waals surface area contributed by atoms with Gasteiger partial charge in [-0.15, -0.1) is 12.4 Å². The van der Waals surface area contributed by atoms with Gasteiger partial charge in [-0.2, -0.15) is 13.2 Å². The summed E-state index contributed by atoms with van der Waals surface area (Å²) in [5.74, 6) is 0. The lowest BCUT2D eigenvalue weighted by atomic mass is 10.7. The molecule has 1 N–H and O–H groups in total. The third-order valence-electron chi connectivity index (χ3n) is 0.684. The number of halogens is 4. The molecule has 0 spiro atoms. The molecule has 0 amide bonds. The largest absolute Gasteiger partial charge is 0.412 e. The molecule has 0 heterocycles. The molecule has 0 rings (SSSR count). The van der Waals surface area contributed by atoms with Gasteiger partial charge in [-0.1, -0.05) is 0 Å². The Balaban J connectivity index is 0. The van der Waals surface area contributed by atoms with Crippen molar-refractivity contribution in [3.63, 3.8) is 0 Å². The molecule has 0 fully saturated rings. The van der Waals surface area contributed by atoms with Crippen LogP contribution in [-0.4, -0.2) is 24.3 Å². The molecule has 0 bridgehead atoms. The van der Waals surface area contributed by atoms with E-state index in [0.717, 1.165) is 0 Å². The average molecular weight is 261 g/mol. The van der Waals surface area contributed by atoms with Crippen LogP contribution in [0.1, 0.15) is 6.92 Å². The van der Waals surface area contributed by atoms with Gasteiger partial charge in [0.1, 0.15) is 0 Å². The van der Waals surface area contributed by atoms with Crippen LogP contribution < -0.4 is 0 Å². The van der Waals surface area contributed by atoms with Gasteiger partial charge in [0, 0.05) is 0 Å². The summed E-state index contributed by atoms with van der Waals surface area (Å²) in [4.78, 5) is 8.86. The second-order valence-electron chi connectivity index (χ2n) is 1.77. The minimum absolute atomic E-state index is 0. The Labute approximate surface area is 84.9 Å². The van der Waals surface area contributed by atoms with Gasteiger partial charge in [0.25, 0.3) is 0 Å². The van der Waals surface area contributed by atoms with E-state index in [1.807, 2.05) is 0 Å². The molecule has 82 valence electrons. The number of alkyl halides is 3. The molecular weight excluding hydrogens is 252 g/mol. The first-order valence-corrected chi connectivity index (χ1v) is 5.54. The minimum atomic E-state index is -4.50. The van der Waals surface area contributed by atoms with Gasteiger partial charge in [0.2, 0.25) is 0 Å². The van der Waals surface area contributed by atoms with Crippen LogP contribution >= 0.6 is 19.1 Å². The first-order chi connectivity index (χ1) is 5.27. The Morgan fingerprint density at radius 2 is 1.85 bits per heavy atom. The van der Waals surface area contributed by atoms with E-state index in [-0.39, 0.29) is 19.0 Å². The molecule has 0 saturated heterocycles. The standard InChI is InChI=1S/C4H8F3O3PS.ClH/c1-2-9-11(8,12)10-3-4(5,6)7;/h2-3H2,1H3,(H,8,12);1H. The Hall–Kier alpha value is 0.610. The summed E-state index contributed by atoms with van der Waals surface area (Å²) in [6.45, 7) is -3.74. The highest BCUT2D eigenvalue weighted by atomic mass is 35.5. The molecular formula is C4H9ClF3O3PS. The van der Waals surface area contributed by atoms with E-state index in [9.17, 15) is 13.2 Å². The Bertz CT molecular complexity index is 188. The second kappa shape index (κ2) is 6.16. The van der Waals surface area contributed by atoms with Crippen LogP contribution in [0.15, 0.2) is 0 Å². The van der Waals surface area contributed by atoms with Crippen molar-refractivity contribution >= 4 is 30.9 Å². The Kier molecular flexibility index (Phi) is 7.61. The van der Waals surface area contributed by atoms with Crippen LogP contribution in [0.2, 0.25) is 0 Å². The monoisotopic (exact) mass is 260 g/mol. The zero-order valence-electron chi connectivity index (χ0n) is 6.58. The van der Waals surface area contributed by atoms with Gasteiger partial charge in [0.05, 0.1) is 6.61 Å². The molecule has 0 aliphatic heterocycles. The fourth-order valence-electron chi connectivity index (χ4n) is 0.355. The highest BCUT2D eigenvalue weighted by Gasteiger charge is 2.31. The summed E-state index contributed by atoms with van der Waals surface area (Å²) in [7, 11) is 0. The molecule has 0 saturated carbocycles. The third kappa shape index (κ3) is 10.5. The summed E-state index contributed by atoms with van der Waals surface area (Å²) >= 11 is 4.23. The van der Waals surface area contributed by atoms with Crippen LogP contribution in [0.5, 0.6) is 0 Å². The maximum Gasteiger partial charge on any atom is 0.412 e. The first-order valence-electron chi connectivity index (χ1n) is 2.95. The van der Waals surface area contributed by atoms with Gasteiger partial charge in [-0.05, 0) is 18.7 Å². The van der Waals surface area contributed by atoms with E-state index < -0.39 is 19.5 Å². The van der Waals surface area contributed by atoms with Crippen LogP contribution in [0.4, 0.5) is 13.2 Å². The van der Waals surface area contributed by atoms with E-state index in [1.165, 1.54) is 6.92 Å². The summed E-state index contributed by atoms with van der Waals surface area (Å²) in [5, 5.41) is 0. The molecule has 3 nitrogen and oxygen atoms in total. The van der Waals surface area contributed by atoms with Crippen molar-refractivity contribution in [2.75, 3.05) is 13.2 Å². The predicted molar refractivity (Wildman–Crippen MR) is 47.4 cm³/mol. The lowest BCUT2D eigenvalue weighted by molar-refractivity contribution is -0.155. The predicted octanol–water partition coefficient (Wildman–Crippen LogP) is 2.24. The maximum absolute atomic E-state index is 11.5. The van der Waals surface area contributed by atoms with Crippen molar-refractivity contribution in [2.24, 2.45) is 0 Å². The van der Waals surface area contributed by atoms with Gasteiger partial charge >= 0.3 is 12.9 Å². The summed E-state index contributed by atoms with van der Waals surface area (Å²) in [6.07, 6.45) is -4.50. The van der Waals surface area contributed by atoms with E-state index in [4.69, 9.17) is 4.89 Å². The van der Waals surface area contributed by atoms with Gasteiger partial charge in [-0.25, -0.2) is 0 Å². The molecule has 1 atom stereocenters. The van der Waals surface area contributed by atoms with E-state index in [2.05, 4.69) is 20.9 Å². The molecule has 0 aromatic rings. The van der Waals surface area contributed by atoms with E-state index >= 15 is 0 Å². The van der Waals surface area contributed by atoms with Crippen LogP contribution in [-0.2, 0) is 20.9 Å². The highest BCUT2D eigenvalue weighted by molar-refractivity contribution is 8.07. The molecule has 0 aliphatic rings. The molecule has 1 unspecified atom stereocenters. The van der Waals surface area contributed by atoms with Crippen molar-refractivity contribution in [1.82, 2.24) is 0 Å². The fraction of sp³-hybridized carbons (Fsp3) is 1.00. The molecule has 0 aliphatic carbocycles. The lowest BCUT2D eigenvalue weighted by Gasteiger charge is -2.15. The van der Waals surface area contributed by atoms with Crippen molar-refractivity contribution in [2.45, 2.75) is 13.1 Å². The van der Waals surface area contributed by atoms with Gasteiger partial charge in [0.15, 0.2) is 6.61 Å². The molecule has 0 aromatic heterocycles. The average Bonchev–Trinajstić information content (AvgIpc) is 1.83. The van der Waals surface area contributed by atoms with Crippen LogP contribution in [0, 0.1) is 0 Å².